The van der Waals surface area contributed by atoms with Crippen LogP contribution < -0.4 is 0 Å². The number of Topliss-reactive ketones (excluding diaryl/α,β-unsaturated/α-hetero) is 1. The van der Waals surface area contributed by atoms with E-state index in [9.17, 15) is 14.4 Å². The second-order valence-corrected chi connectivity index (χ2v) is 11.6. The van der Waals surface area contributed by atoms with Gasteiger partial charge in [0.25, 0.3) is 0 Å². The number of aldehydes is 2. The fraction of sp³-hybridized carbons (Fsp3) is 0.800. The minimum atomic E-state index is -0.731. The SMILES string of the molecule is CC1(C)CCCC2(C)C1CCC1(C)C2CC(=O)C2(C)C(C=O)C(C=O)=CCC12. The molecule has 0 bridgehead atoms. The van der Waals surface area contributed by atoms with E-state index in [0.29, 0.717) is 29.2 Å². The van der Waals surface area contributed by atoms with Gasteiger partial charge in [0, 0.05) is 11.8 Å². The van der Waals surface area contributed by atoms with Crippen molar-refractivity contribution in [1.82, 2.24) is 0 Å². The van der Waals surface area contributed by atoms with Crippen molar-refractivity contribution in [3.63, 3.8) is 0 Å². The van der Waals surface area contributed by atoms with Crippen LogP contribution in [0.4, 0.5) is 0 Å². The van der Waals surface area contributed by atoms with E-state index in [0.717, 1.165) is 25.4 Å². The molecule has 0 saturated heterocycles. The molecule has 0 aromatic heterocycles. The summed E-state index contributed by atoms with van der Waals surface area (Å²) < 4.78 is 0. The van der Waals surface area contributed by atoms with Crippen LogP contribution in [0.5, 0.6) is 0 Å². The standard InChI is InChI=1S/C25H36O3/c1-22(2)10-6-11-23(3)18(22)9-12-24(4)19-8-7-16(14-26)17(15-27)25(19,5)21(28)13-20(23)24/h7,14-15,17-20H,6,8-13H2,1-5H3. The summed E-state index contributed by atoms with van der Waals surface area (Å²) in [5.41, 5.74) is 0.360. The van der Waals surface area contributed by atoms with Crippen molar-refractivity contribution in [3.05, 3.63) is 11.6 Å². The lowest BCUT2D eigenvalue weighted by atomic mass is 9.35. The summed E-state index contributed by atoms with van der Waals surface area (Å²) in [4.78, 5) is 37.3. The molecule has 0 spiro atoms. The maximum atomic E-state index is 13.7. The highest BCUT2D eigenvalue weighted by molar-refractivity contribution is 5.94. The summed E-state index contributed by atoms with van der Waals surface area (Å²) in [6, 6.07) is 0. The molecule has 154 valence electrons. The largest absolute Gasteiger partial charge is 0.303 e. The smallest absolute Gasteiger partial charge is 0.146 e. The molecule has 0 N–H and O–H groups in total. The molecule has 0 aliphatic heterocycles. The van der Waals surface area contributed by atoms with Crippen molar-refractivity contribution in [2.45, 2.75) is 79.6 Å². The Bertz CT molecular complexity index is 749. The van der Waals surface area contributed by atoms with Crippen molar-refractivity contribution in [1.29, 1.82) is 0 Å². The predicted octanol–water partition coefficient (Wildman–Crippen LogP) is 5.17. The van der Waals surface area contributed by atoms with Gasteiger partial charge in [0.2, 0.25) is 0 Å². The zero-order valence-electron chi connectivity index (χ0n) is 18.2. The average Bonchev–Trinajstić information content (AvgIpc) is 2.62. The van der Waals surface area contributed by atoms with Crippen LogP contribution in [-0.2, 0) is 14.4 Å². The summed E-state index contributed by atoms with van der Waals surface area (Å²) in [5.74, 6) is 0.822. The summed E-state index contributed by atoms with van der Waals surface area (Å²) in [7, 11) is 0. The van der Waals surface area contributed by atoms with Crippen molar-refractivity contribution in [3.8, 4) is 0 Å². The number of allylic oxidation sites excluding steroid dienone is 2. The lowest BCUT2D eigenvalue weighted by Crippen LogP contribution is -2.65. The summed E-state index contributed by atoms with van der Waals surface area (Å²) in [6.45, 7) is 11.7. The van der Waals surface area contributed by atoms with Gasteiger partial charge < -0.3 is 4.79 Å². The van der Waals surface area contributed by atoms with Gasteiger partial charge in [0.15, 0.2) is 0 Å². The monoisotopic (exact) mass is 384 g/mol. The highest BCUT2D eigenvalue weighted by Crippen LogP contribution is 2.72. The van der Waals surface area contributed by atoms with Gasteiger partial charge in [-0.15, -0.1) is 0 Å². The highest BCUT2D eigenvalue weighted by Gasteiger charge is 2.68. The third-order valence-electron chi connectivity index (χ3n) is 10.2. The van der Waals surface area contributed by atoms with Gasteiger partial charge in [-0.2, -0.15) is 0 Å². The molecule has 4 rings (SSSR count). The maximum absolute atomic E-state index is 13.7. The van der Waals surface area contributed by atoms with Crippen LogP contribution >= 0.6 is 0 Å². The van der Waals surface area contributed by atoms with Gasteiger partial charge in [0.05, 0.1) is 5.92 Å². The molecule has 3 fully saturated rings. The molecule has 3 nitrogen and oxygen atoms in total. The molecule has 3 saturated carbocycles. The van der Waals surface area contributed by atoms with Crippen molar-refractivity contribution >= 4 is 18.4 Å². The second kappa shape index (κ2) is 6.12. The molecule has 0 amide bonds. The third-order valence-corrected chi connectivity index (χ3v) is 10.2. The first-order valence-corrected chi connectivity index (χ1v) is 11.2. The van der Waals surface area contributed by atoms with Gasteiger partial charge in [-0.25, -0.2) is 0 Å². The highest BCUT2D eigenvalue weighted by atomic mass is 16.1. The maximum Gasteiger partial charge on any atom is 0.146 e. The Labute approximate surface area is 169 Å². The number of hydrogen-bond acceptors (Lipinski definition) is 3. The molecule has 0 aromatic carbocycles. The lowest BCUT2D eigenvalue weighted by molar-refractivity contribution is -0.198. The van der Waals surface area contributed by atoms with Crippen LogP contribution in [0.25, 0.3) is 0 Å². The third kappa shape index (κ3) is 2.31. The first-order valence-electron chi connectivity index (χ1n) is 11.2. The minimum absolute atomic E-state index is 0.0491. The molecular formula is C25H36O3. The Balaban J connectivity index is 1.82. The van der Waals surface area contributed by atoms with E-state index in [1.807, 2.05) is 13.0 Å². The fourth-order valence-corrected chi connectivity index (χ4v) is 8.83. The molecule has 7 unspecified atom stereocenters. The Morgan fingerprint density at radius 2 is 1.61 bits per heavy atom. The van der Waals surface area contributed by atoms with E-state index in [-0.39, 0.29) is 22.5 Å². The number of rotatable bonds is 2. The summed E-state index contributed by atoms with van der Waals surface area (Å²) >= 11 is 0. The molecule has 28 heavy (non-hydrogen) atoms. The van der Waals surface area contributed by atoms with Gasteiger partial charge in [-0.1, -0.05) is 47.1 Å². The molecule has 4 aliphatic carbocycles. The number of carbonyl (C=O) groups is 3. The Morgan fingerprint density at radius 3 is 2.25 bits per heavy atom. The minimum Gasteiger partial charge on any atom is -0.303 e. The molecule has 0 heterocycles. The quantitative estimate of drug-likeness (QED) is 0.617. The van der Waals surface area contributed by atoms with Crippen LogP contribution in [0.1, 0.15) is 79.6 Å². The normalized spacial score (nSPS) is 49.9. The van der Waals surface area contributed by atoms with Crippen LogP contribution in [0, 0.1) is 45.3 Å². The summed E-state index contributed by atoms with van der Waals surface area (Å²) in [5, 5.41) is 0. The molecular weight excluding hydrogens is 348 g/mol. The number of carbonyl (C=O) groups excluding carboxylic acids is 3. The number of ketones is 1. The van der Waals surface area contributed by atoms with Gasteiger partial charge in [0.1, 0.15) is 18.4 Å². The number of fused-ring (bicyclic) bond motifs is 5. The zero-order valence-corrected chi connectivity index (χ0v) is 18.2. The average molecular weight is 385 g/mol. The van der Waals surface area contributed by atoms with Gasteiger partial charge >= 0.3 is 0 Å². The second-order valence-electron chi connectivity index (χ2n) is 11.6. The molecule has 0 radical (unpaired) electrons. The summed E-state index contributed by atoms with van der Waals surface area (Å²) in [6.07, 6.45) is 11.0. The van der Waals surface area contributed by atoms with E-state index in [2.05, 4.69) is 27.7 Å². The van der Waals surface area contributed by atoms with Crippen LogP contribution in [-0.4, -0.2) is 18.4 Å². The molecule has 4 aliphatic rings. The van der Waals surface area contributed by atoms with Crippen molar-refractivity contribution in [2.75, 3.05) is 0 Å². The van der Waals surface area contributed by atoms with E-state index in [1.54, 1.807) is 0 Å². The van der Waals surface area contributed by atoms with Crippen LogP contribution in [0.2, 0.25) is 0 Å². The van der Waals surface area contributed by atoms with Crippen molar-refractivity contribution < 1.29 is 14.4 Å². The van der Waals surface area contributed by atoms with E-state index >= 15 is 0 Å². The van der Waals surface area contributed by atoms with Crippen LogP contribution in [0.3, 0.4) is 0 Å². The van der Waals surface area contributed by atoms with Crippen LogP contribution in [0.15, 0.2) is 11.6 Å². The molecule has 7 atom stereocenters. The fourth-order valence-electron chi connectivity index (χ4n) is 8.83. The van der Waals surface area contributed by atoms with E-state index in [1.165, 1.54) is 25.7 Å². The first-order chi connectivity index (χ1) is 13.1. The predicted molar refractivity (Wildman–Crippen MR) is 110 cm³/mol. The molecule has 0 aromatic rings. The first kappa shape index (κ1) is 20.0. The van der Waals surface area contributed by atoms with E-state index < -0.39 is 11.3 Å². The lowest BCUT2D eigenvalue weighted by Gasteiger charge is -2.68. The zero-order chi connectivity index (χ0) is 20.5. The molecule has 3 heteroatoms. The number of hydrogen-bond donors (Lipinski definition) is 0. The Morgan fingerprint density at radius 1 is 0.929 bits per heavy atom. The van der Waals surface area contributed by atoms with E-state index in [4.69, 9.17) is 0 Å². The van der Waals surface area contributed by atoms with Gasteiger partial charge in [-0.05, 0) is 71.7 Å². The Kier molecular flexibility index (Phi) is 4.38. The van der Waals surface area contributed by atoms with Gasteiger partial charge in [-0.3, -0.25) is 9.59 Å². The van der Waals surface area contributed by atoms with Crippen molar-refractivity contribution in [2.24, 2.45) is 45.3 Å². The Hall–Kier alpha value is -1.25. The topological polar surface area (TPSA) is 51.2 Å².